The zero-order valence-corrected chi connectivity index (χ0v) is 15.5. The number of nitrogens with two attached hydrogens (primary N) is 1. The maximum atomic E-state index is 6.16. The smallest absolute Gasteiger partial charge is 0.107 e. The minimum Gasteiger partial charge on any atom is -0.399 e. The van der Waals surface area contributed by atoms with Crippen molar-refractivity contribution in [1.82, 2.24) is 4.90 Å². The number of aryl methyl sites for hydroxylation is 1. The Bertz CT molecular complexity index is 591. The van der Waals surface area contributed by atoms with Gasteiger partial charge in [0.1, 0.15) is 6.61 Å². The molecule has 1 heterocycles. The van der Waals surface area contributed by atoms with Gasteiger partial charge in [-0.2, -0.15) is 0 Å². The molecule has 3 rings (SSSR count). The van der Waals surface area contributed by atoms with Gasteiger partial charge in [-0.3, -0.25) is 0 Å². The summed E-state index contributed by atoms with van der Waals surface area (Å²) in [6.45, 7) is 5.08. The minimum atomic E-state index is 0.383. The lowest BCUT2D eigenvalue weighted by atomic mass is 9.86. The zero-order chi connectivity index (χ0) is 17.6. The number of nitrogens with zero attached hydrogens (tertiary/aromatic N) is 1. The number of rotatable bonds is 5. The normalized spacial score (nSPS) is 25.6. The van der Waals surface area contributed by atoms with Gasteiger partial charge in [0.05, 0.1) is 6.10 Å². The van der Waals surface area contributed by atoms with E-state index < -0.39 is 0 Å². The van der Waals surface area contributed by atoms with Crippen LogP contribution < -0.4 is 5.73 Å². The molecule has 2 N–H and O–H groups in total. The first-order chi connectivity index (χ1) is 12.2. The van der Waals surface area contributed by atoms with Crippen LogP contribution in [-0.2, 0) is 11.2 Å². The average molecular weight is 341 g/mol. The van der Waals surface area contributed by atoms with Crippen LogP contribution in [-0.4, -0.2) is 36.7 Å². The van der Waals surface area contributed by atoms with Crippen molar-refractivity contribution in [3.05, 3.63) is 29.3 Å². The van der Waals surface area contributed by atoms with E-state index in [1.807, 2.05) is 0 Å². The SMILES string of the molecule is C#CCOC1CCC(N2CCC(Cc3cc(C)ccc3N)CC2)CC1. The van der Waals surface area contributed by atoms with Crippen molar-refractivity contribution in [2.75, 3.05) is 25.4 Å². The van der Waals surface area contributed by atoms with E-state index in [9.17, 15) is 0 Å². The summed E-state index contributed by atoms with van der Waals surface area (Å²) >= 11 is 0. The first kappa shape index (κ1) is 18.3. The topological polar surface area (TPSA) is 38.5 Å². The summed E-state index contributed by atoms with van der Waals surface area (Å²) in [5, 5.41) is 0. The molecule has 0 aromatic heterocycles. The third-order valence-electron chi connectivity index (χ3n) is 6.02. The first-order valence-electron chi connectivity index (χ1n) is 9.80. The quantitative estimate of drug-likeness (QED) is 0.655. The summed E-state index contributed by atoms with van der Waals surface area (Å²) in [5.74, 6) is 3.35. The van der Waals surface area contributed by atoms with Crippen LogP contribution in [0.5, 0.6) is 0 Å². The zero-order valence-electron chi connectivity index (χ0n) is 15.5. The number of ether oxygens (including phenoxy) is 1. The molecule has 0 radical (unpaired) electrons. The van der Waals surface area contributed by atoms with Gasteiger partial charge >= 0.3 is 0 Å². The van der Waals surface area contributed by atoms with Crippen molar-refractivity contribution >= 4 is 5.69 Å². The number of likely N-dealkylation sites (tertiary alicyclic amines) is 1. The molecule has 0 atom stereocenters. The van der Waals surface area contributed by atoms with Crippen molar-refractivity contribution < 1.29 is 4.74 Å². The molecule has 1 aromatic carbocycles. The van der Waals surface area contributed by atoms with E-state index in [4.69, 9.17) is 16.9 Å². The van der Waals surface area contributed by atoms with E-state index in [2.05, 4.69) is 35.9 Å². The Labute approximate surface area is 152 Å². The molecule has 3 heteroatoms. The molecule has 1 aliphatic carbocycles. The maximum Gasteiger partial charge on any atom is 0.107 e. The molecule has 1 aliphatic heterocycles. The molecule has 2 aliphatic rings. The van der Waals surface area contributed by atoms with Crippen LogP contribution in [0.3, 0.4) is 0 Å². The molecule has 1 aromatic rings. The average Bonchev–Trinajstić information content (AvgIpc) is 2.64. The lowest BCUT2D eigenvalue weighted by Gasteiger charge is -2.40. The summed E-state index contributed by atoms with van der Waals surface area (Å²) in [5.41, 5.74) is 9.77. The molecular weight excluding hydrogens is 308 g/mol. The molecule has 0 amide bonds. The minimum absolute atomic E-state index is 0.383. The Balaban J connectivity index is 1.43. The highest BCUT2D eigenvalue weighted by atomic mass is 16.5. The number of anilines is 1. The van der Waals surface area contributed by atoms with Gasteiger partial charge in [0.25, 0.3) is 0 Å². The van der Waals surface area contributed by atoms with Crippen LogP contribution >= 0.6 is 0 Å². The number of benzene rings is 1. The second-order valence-electron chi connectivity index (χ2n) is 7.83. The molecule has 0 bridgehead atoms. The number of nitrogen functional groups attached to an aromatic ring is 1. The van der Waals surface area contributed by atoms with Crippen molar-refractivity contribution in [2.45, 2.75) is 64.0 Å². The van der Waals surface area contributed by atoms with Gasteiger partial charge in [-0.15, -0.1) is 6.42 Å². The summed E-state index contributed by atoms with van der Waals surface area (Å²) in [6.07, 6.45) is 14.2. The Hall–Kier alpha value is -1.50. The highest BCUT2D eigenvalue weighted by molar-refractivity contribution is 5.48. The van der Waals surface area contributed by atoms with Gasteiger partial charge in [-0.1, -0.05) is 23.6 Å². The standard InChI is InChI=1S/C22H32N2O/c1-3-14-25-21-7-5-20(6-8-21)24-12-10-18(11-13-24)16-19-15-17(2)4-9-22(19)23/h1,4,9,15,18,20-21H,5-8,10-14,16,23H2,2H3. The van der Waals surface area contributed by atoms with Crippen LogP contribution in [0, 0.1) is 25.2 Å². The molecule has 0 spiro atoms. The summed E-state index contributed by atoms with van der Waals surface area (Å²) in [7, 11) is 0. The first-order valence-corrected chi connectivity index (χ1v) is 9.80. The molecule has 25 heavy (non-hydrogen) atoms. The summed E-state index contributed by atoms with van der Waals surface area (Å²) < 4.78 is 5.71. The molecule has 3 nitrogen and oxygen atoms in total. The van der Waals surface area contributed by atoms with Gasteiger partial charge < -0.3 is 15.4 Å². The molecule has 1 saturated carbocycles. The fraction of sp³-hybridized carbons (Fsp3) is 0.636. The number of terminal acetylenes is 1. The highest BCUT2D eigenvalue weighted by Gasteiger charge is 2.29. The number of hydrogen-bond donors (Lipinski definition) is 1. The van der Waals surface area contributed by atoms with E-state index >= 15 is 0 Å². The van der Waals surface area contributed by atoms with Crippen LogP contribution in [0.15, 0.2) is 18.2 Å². The van der Waals surface area contributed by atoms with E-state index in [1.54, 1.807) is 0 Å². The van der Waals surface area contributed by atoms with Crippen molar-refractivity contribution in [3.63, 3.8) is 0 Å². The van der Waals surface area contributed by atoms with Gasteiger partial charge in [0, 0.05) is 11.7 Å². The molecule has 136 valence electrons. The highest BCUT2D eigenvalue weighted by Crippen LogP contribution is 2.30. The lowest BCUT2D eigenvalue weighted by molar-refractivity contribution is 0.0161. The molecular formula is C22H32N2O. The Kier molecular flexibility index (Phi) is 6.39. The fourth-order valence-electron chi connectivity index (χ4n) is 4.49. The molecule has 1 saturated heterocycles. The fourth-order valence-corrected chi connectivity index (χ4v) is 4.49. The Morgan fingerprint density at radius 2 is 1.88 bits per heavy atom. The van der Waals surface area contributed by atoms with Crippen LogP contribution in [0.4, 0.5) is 5.69 Å². The van der Waals surface area contributed by atoms with Gasteiger partial charge in [0.15, 0.2) is 0 Å². The number of hydrogen-bond acceptors (Lipinski definition) is 3. The third-order valence-corrected chi connectivity index (χ3v) is 6.02. The van der Waals surface area contributed by atoms with Crippen LogP contribution in [0.2, 0.25) is 0 Å². The van der Waals surface area contributed by atoms with Crippen molar-refractivity contribution in [2.24, 2.45) is 5.92 Å². The van der Waals surface area contributed by atoms with Gasteiger partial charge in [0.2, 0.25) is 0 Å². The predicted molar refractivity (Wildman–Crippen MR) is 104 cm³/mol. The molecule has 2 fully saturated rings. The van der Waals surface area contributed by atoms with Gasteiger partial charge in [-0.05, 0) is 82.5 Å². The van der Waals surface area contributed by atoms with Crippen LogP contribution in [0.25, 0.3) is 0 Å². The largest absolute Gasteiger partial charge is 0.399 e. The van der Waals surface area contributed by atoms with Crippen molar-refractivity contribution in [1.29, 1.82) is 0 Å². The monoisotopic (exact) mass is 340 g/mol. The maximum absolute atomic E-state index is 6.16. The summed E-state index contributed by atoms with van der Waals surface area (Å²) in [6, 6.07) is 7.17. The van der Waals surface area contributed by atoms with Gasteiger partial charge in [-0.25, -0.2) is 0 Å². The lowest BCUT2D eigenvalue weighted by Crippen LogP contribution is -2.44. The Morgan fingerprint density at radius 1 is 1.16 bits per heavy atom. The molecule has 0 unspecified atom stereocenters. The summed E-state index contributed by atoms with van der Waals surface area (Å²) in [4.78, 5) is 2.72. The van der Waals surface area contributed by atoms with E-state index in [0.29, 0.717) is 12.7 Å². The Morgan fingerprint density at radius 3 is 2.56 bits per heavy atom. The predicted octanol–water partition coefficient (Wildman–Crippen LogP) is 3.79. The van der Waals surface area contributed by atoms with Crippen molar-refractivity contribution in [3.8, 4) is 12.3 Å². The second-order valence-corrected chi connectivity index (χ2v) is 7.83. The van der Waals surface area contributed by atoms with Crippen LogP contribution in [0.1, 0.15) is 49.7 Å². The third kappa shape index (κ3) is 5.00. The van der Waals surface area contributed by atoms with E-state index in [1.165, 1.54) is 49.9 Å². The number of piperidine rings is 1. The van der Waals surface area contributed by atoms with E-state index in [0.717, 1.165) is 36.9 Å². The second kappa shape index (κ2) is 8.74. The van der Waals surface area contributed by atoms with E-state index in [-0.39, 0.29) is 0 Å².